The van der Waals surface area contributed by atoms with Crippen molar-refractivity contribution in [2.75, 3.05) is 6.61 Å². The van der Waals surface area contributed by atoms with E-state index in [0.717, 1.165) is 36.4 Å². The summed E-state index contributed by atoms with van der Waals surface area (Å²) in [7, 11) is 0. The SMILES string of the molecule is CCCCCCCCCCCCCCOc1ccc(CNC(=O)c2ccc[n+](CC)c2)c(C)c1.[I-]. The predicted molar refractivity (Wildman–Crippen MR) is 141 cm³/mol. The fraction of sp³-hybridized carbons (Fsp3) is 0.600. The van der Waals surface area contributed by atoms with E-state index in [4.69, 9.17) is 4.74 Å². The number of ether oxygens (including phenoxy) is 1. The van der Waals surface area contributed by atoms with E-state index in [2.05, 4.69) is 38.2 Å². The van der Waals surface area contributed by atoms with Crippen LogP contribution in [0.2, 0.25) is 0 Å². The molecule has 0 radical (unpaired) electrons. The van der Waals surface area contributed by atoms with Crippen molar-refractivity contribution in [2.45, 2.75) is 111 Å². The molecule has 0 atom stereocenters. The van der Waals surface area contributed by atoms with E-state index in [-0.39, 0.29) is 29.9 Å². The van der Waals surface area contributed by atoms with Crippen molar-refractivity contribution in [3.8, 4) is 5.75 Å². The highest BCUT2D eigenvalue weighted by atomic mass is 127. The first-order valence-corrected chi connectivity index (χ1v) is 13.6. The maximum absolute atomic E-state index is 12.5. The van der Waals surface area contributed by atoms with Crippen LogP contribution in [0.15, 0.2) is 42.7 Å². The zero-order valence-corrected chi connectivity index (χ0v) is 24.4. The van der Waals surface area contributed by atoms with Gasteiger partial charge in [0.25, 0.3) is 5.91 Å². The lowest BCUT2D eigenvalue weighted by Crippen LogP contribution is -3.00. The molecule has 5 heteroatoms. The molecule has 0 unspecified atom stereocenters. The van der Waals surface area contributed by atoms with Crippen molar-refractivity contribution < 1.29 is 38.1 Å². The molecule has 0 saturated carbocycles. The molecule has 0 aliphatic carbocycles. The summed E-state index contributed by atoms with van der Waals surface area (Å²) in [5.74, 6) is 0.872. The van der Waals surface area contributed by atoms with Gasteiger partial charge in [0.15, 0.2) is 12.4 Å². The normalized spacial score (nSPS) is 10.6. The number of hydrogen-bond acceptors (Lipinski definition) is 2. The van der Waals surface area contributed by atoms with E-state index in [0.29, 0.717) is 12.1 Å². The van der Waals surface area contributed by atoms with E-state index in [9.17, 15) is 4.79 Å². The molecule has 1 amide bonds. The number of pyridine rings is 1. The molecular weight excluding hydrogens is 547 g/mol. The number of nitrogens with zero attached hydrogens (tertiary/aromatic N) is 1. The average molecular weight is 595 g/mol. The van der Waals surface area contributed by atoms with Crippen molar-refractivity contribution in [1.82, 2.24) is 5.32 Å². The van der Waals surface area contributed by atoms with E-state index in [1.54, 1.807) is 0 Å². The summed E-state index contributed by atoms with van der Waals surface area (Å²) in [6.07, 6.45) is 20.1. The number of carbonyl (C=O) groups excluding carboxylic acids is 1. The number of halogens is 1. The number of hydrogen-bond donors (Lipinski definition) is 1. The van der Waals surface area contributed by atoms with Crippen LogP contribution in [0.3, 0.4) is 0 Å². The van der Waals surface area contributed by atoms with Gasteiger partial charge in [-0.2, -0.15) is 0 Å². The van der Waals surface area contributed by atoms with Crippen LogP contribution in [-0.4, -0.2) is 12.5 Å². The number of amides is 1. The topological polar surface area (TPSA) is 42.2 Å². The third-order valence-electron chi connectivity index (χ3n) is 6.51. The van der Waals surface area contributed by atoms with Gasteiger partial charge in [-0.15, -0.1) is 0 Å². The Morgan fingerprint density at radius 3 is 2.11 bits per heavy atom. The molecule has 2 aromatic rings. The van der Waals surface area contributed by atoms with Gasteiger partial charge in [0.1, 0.15) is 17.9 Å². The molecule has 1 N–H and O–H groups in total. The second-order valence-electron chi connectivity index (χ2n) is 9.43. The van der Waals surface area contributed by atoms with E-state index < -0.39 is 0 Å². The molecule has 1 aromatic carbocycles. The number of aromatic nitrogens is 1. The molecule has 0 bridgehead atoms. The van der Waals surface area contributed by atoms with Crippen LogP contribution in [0.4, 0.5) is 0 Å². The Kier molecular flexibility index (Phi) is 17.5. The molecule has 196 valence electrons. The Morgan fingerprint density at radius 1 is 0.886 bits per heavy atom. The minimum absolute atomic E-state index is 0. The lowest BCUT2D eigenvalue weighted by Gasteiger charge is -2.11. The molecule has 35 heavy (non-hydrogen) atoms. The largest absolute Gasteiger partial charge is 1.00 e. The summed E-state index contributed by atoms with van der Waals surface area (Å²) in [6, 6.07) is 9.91. The van der Waals surface area contributed by atoms with Crippen LogP contribution in [0.5, 0.6) is 5.75 Å². The third kappa shape index (κ3) is 13.3. The third-order valence-corrected chi connectivity index (χ3v) is 6.51. The molecule has 0 aliphatic rings. The standard InChI is InChI=1S/C30H46N2O2.HI/c1-4-6-7-8-9-10-11-12-13-14-15-16-22-34-29-20-19-27(26(3)23-29)24-31-30(33)28-18-17-21-32(5-2)25-28;/h17-21,23,25H,4-16,22,24H2,1-3H3;1H. The highest BCUT2D eigenvalue weighted by Gasteiger charge is 2.10. The Morgan fingerprint density at radius 2 is 1.51 bits per heavy atom. The average Bonchev–Trinajstić information content (AvgIpc) is 2.86. The van der Waals surface area contributed by atoms with Gasteiger partial charge in [-0.25, -0.2) is 4.57 Å². The lowest BCUT2D eigenvalue weighted by molar-refractivity contribution is -0.693. The van der Waals surface area contributed by atoms with Crippen molar-refractivity contribution >= 4 is 5.91 Å². The lowest BCUT2D eigenvalue weighted by atomic mass is 10.1. The van der Waals surface area contributed by atoms with E-state index >= 15 is 0 Å². The van der Waals surface area contributed by atoms with Gasteiger partial charge in [0, 0.05) is 12.6 Å². The van der Waals surface area contributed by atoms with E-state index in [1.807, 2.05) is 35.2 Å². The second kappa shape index (κ2) is 19.5. The molecular formula is C30H47IN2O2. The highest BCUT2D eigenvalue weighted by molar-refractivity contribution is 5.93. The minimum atomic E-state index is -0.0468. The number of benzene rings is 1. The van der Waals surface area contributed by atoms with Crippen LogP contribution in [0, 0.1) is 6.92 Å². The Hall–Kier alpha value is -1.63. The second-order valence-corrected chi connectivity index (χ2v) is 9.43. The maximum Gasteiger partial charge on any atom is 0.257 e. The molecule has 1 aromatic heterocycles. The Balaban J connectivity index is 0.00000612. The quantitative estimate of drug-likeness (QED) is 0.159. The maximum atomic E-state index is 12.5. The fourth-order valence-electron chi connectivity index (χ4n) is 4.22. The first kappa shape index (κ1) is 31.4. The number of carbonyl (C=O) groups is 1. The van der Waals surface area contributed by atoms with Crippen LogP contribution in [0.1, 0.15) is 112 Å². The first-order chi connectivity index (χ1) is 16.6. The molecule has 0 spiro atoms. The number of rotatable bonds is 18. The summed E-state index contributed by atoms with van der Waals surface area (Å²) in [5, 5.41) is 3.03. The van der Waals surface area contributed by atoms with E-state index in [1.165, 1.54) is 70.6 Å². The number of unbranched alkanes of at least 4 members (excludes halogenated alkanes) is 11. The van der Waals surface area contributed by atoms with Crippen LogP contribution in [0.25, 0.3) is 0 Å². The summed E-state index contributed by atoms with van der Waals surface area (Å²) in [6.45, 7) is 8.56. The minimum Gasteiger partial charge on any atom is -1.00 e. The van der Waals surface area contributed by atoms with Crippen molar-refractivity contribution in [3.63, 3.8) is 0 Å². The molecule has 4 nitrogen and oxygen atoms in total. The predicted octanol–water partition coefficient (Wildman–Crippen LogP) is 4.32. The van der Waals surface area contributed by atoms with Crippen molar-refractivity contribution in [2.24, 2.45) is 0 Å². The Labute approximate surface area is 231 Å². The van der Waals surface area contributed by atoms with Gasteiger partial charge < -0.3 is 34.0 Å². The monoisotopic (exact) mass is 594 g/mol. The molecule has 2 rings (SSSR count). The Bertz CT molecular complexity index is 841. The first-order valence-electron chi connectivity index (χ1n) is 13.6. The van der Waals surface area contributed by atoms with Crippen LogP contribution in [-0.2, 0) is 13.1 Å². The number of aryl methyl sites for hydroxylation is 2. The van der Waals surface area contributed by atoms with Gasteiger partial charge in [-0.1, -0.05) is 83.6 Å². The molecule has 0 saturated heterocycles. The van der Waals surface area contributed by atoms with Gasteiger partial charge in [0.05, 0.1) is 6.61 Å². The molecule has 1 heterocycles. The smallest absolute Gasteiger partial charge is 0.257 e. The number of nitrogens with one attached hydrogen (secondary N) is 1. The van der Waals surface area contributed by atoms with Gasteiger partial charge in [0.2, 0.25) is 0 Å². The van der Waals surface area contributed by atoms with Crippen molar-refractivity contribution in [3.05, 3.63) is 59.4 Å². The summed E-state index contributed by atoms with van der Waals surface area (Å²) < 4.78 is 7.97. The fourth-order valence-corrected chi connectivity index (χ4v) is 4.22. The zero-order chi connectivity index (χ0) is 24.4. The summed E-state index contributed by atoms with van der Waals surface area (Å²) in [5.41, 5.74) is 2.94. The van der Waals surface area contributed by atoms with Crippen molar-refractivity contribution in [1.29, 1.82) is 0 Å². The molecule has 0 aliphatic heterocycles. The molecule has 0 fully saturated rings. The van der Waals surface area contributed by atoms with Gasteiger partial charge >= 0.3 is 0 Å². The zero-order valence-electron chi connectivity index (χ0n) is 22.3. The summed E-state index contributed by atoms with van der Waals surface area (Å²) >= 11 is 0. The van der Waals surface area contributed by atoms with Crippen LogP contribution < -0.4 is 38.6 Å². The van der Waals surface area contributed by atoms with Gasteiger partial charge in [-0.3, -0.25) is 4.79 Å². The van der Waals surface area contributed by atoms with Gasteiger partial charge in [-0.05, 0) is 49.6 Å². The highest BCUT2D eigenvalue weighted by Crippen LogP contribution is 2.18. The summed E-state index contributed by atoms with van der Waals surface area (Å²) in [4.78, 5) is 12.5. The van der Waals surface area contributed by atoms with Crippen LogP contribution >= 0.6 is 0 Å².